The molecule has 6 nitrogen and oxygen atoms in total. The van der Waals surface area contributed by atoms with Gasteiger partial charge in [-0.15, -0.1) is 0 Å². The average Bonchev–Trinajstić information content (AvgIpc) is 2.89. The molecule has 0 aliphatic heterocycles. The topological polar surface area (TPSA) is 96.8 Å². The first-order valence-corrected chi connectivity index (χ1v) is 12.4. The zero-order valence-corrected chi connectivity index (χ0v) is 21.4. The molecule has 4 N–H and O–H groups in total. The number of ether oxygens (including phenoxy) is 3. The molecular weight excluding hydrogens is 535 g/mol. The van der Waals surface area contributed by atoms with Crippen molar-refractivity contribution in [3.63, 3.8) is 0 Å². The van der Waals surface area contributed by atoms with E-state index in [1.165, 1.54) is 48.6 Å². The molecule has 0 saturated carbocycles. The molecular formula is C29H29F5N2O4. The molecule has 0 heterocycles. The molecule has 0 unspecified atom stereocenters. The molecule has 0 atom stereocenters. The average molecular weight is 565 g/mol. The van der Waals surface area contributed by atoms with Gasteiger partial charge in [-0.3, -0.25) is 0 Å². The third-order valence-electron chi connectivity index (χ3n) is 5.64. The van der Waals surface area contributed by atoms with Gasteiger partial charge in [-0.2, -0.15) is 22.0 Å². The summed E-state index contributed by atoms with van der Waals surface area (Å²) in [5.41, 5.74) is 13.1. The van der Waals surface area contributed by atoms with Crippen LogP contribution in [0.2, 0.25) is 0 Å². The fourth-order valence-corrected chi connectivity index (χ4v) is 3.50. The van der Waals surface area contributed by atoms with Gasteiger partial charge in [-0.25, -0.2) is 4.79 Å². The Labute approximate surface area is 228 Å². The van der Waals surface area contributed by atoms with Crippen molar-refractivity contribution in [1.29, 1.82) is 0 Å². The first-order valence-electron chi connectivity index (χ1n) is 12.4. The minimum absolute atomic E-state index is 0.0143. The van der Waals surface area contributed by atoms with E-state index < -0.39 is 30.2 Å². The van der Waals surface area contributed by atoms with Crippen LogP contribution in [0.3, 0.4) is 0 Å². The molecule has 0 aromatic heterocycles. The molecule has 0 aliphatic rings. The predicted octanol–water partition coefficient (Wildman–Crippen LogP) is 7.24. The standard InChI is InChI=1S/C29H29F5N2O4/c30-28(31,32)16-2-1-3-17-38-24-13-8-22(9-14-24)29(33,34)40-25-11-4-20(5-12-25)6-15-27(37)39-19-21-7-10-23(35)18-26(21)36/h4-15,18H,1-3,16-17,19,35-36H2/b15-6+. The fraction of sp³-hybridized carbons (Fsp3) is 0.276. The first-order chi connectivity index (χ1) is 18.9. The van der Waals surface area contributed by atoms with E-state index in [-0.39, 0.29) is 25.4 Å². The van der Waals surface area contributed by atoms with Crippen molar-refractivity contribution >= 4 is 23.4 Å². The SMILES string of the molecule is Nc1ccc(COC(=O)/C=C/c2ccc(OC(F)(F)c3ccc(OCCCCCC(F)(F)F)cc3)cc2)c(N)c1. The zero-order chi connectivity index (χ0) is 29.2. The van der Waals surface area contributed by atoms with Gasteiger partial charge in [0.25, 0.3) is 0 Å². The Hall–Kier alpha value is -4.28. The number of nitrogen functional groups attached to an aromatic ring is 2. The number of halogens is 5. The van der Waals surface area contributed by atoms with E-state index in [9.17, 15) is 26.7 Å². The van der Waals surface area contributed by atoms with Gasteiger partial charge >= 0.3 is 18.3 Å². The Bertz CT molecular complexity index is 1280. The van der Waals surface area contributed by atoms with E-state index in [0.717, 1.165) is 12.1 Å². The lowest BCUT2D eigenvalue weighted by Gasteiger charge is -2.18. The molecule has 3 aromatic carbocycles. The maximum Gasteiger partial charge on any atom is 0.426 e. The Morgan fingerprint density at radius 2 is 1.50 bits per heavy atom. The summed E-state index contributed by atoms with van der Waals surface area (Å²) in [6.45, 7) is 0.148. The number of esters is 1. The normalized spacial score (nSPS) is 11.9. The Balaban J connectivity index is 1.45. The summed E-state index contributed by atoms with van der Waals surface area (Å²) in [5, 5.41) is 0. The molecule has 3 aromatic rings. The lowest BCUT2D eigenvalue weighted by Crippen LogP contribution is -2.21. The van der Waals surface area contributed by atoms with Crippen molar-refractivity contribution in [2.75, 3.05) is 18.1 Å². The number of benzene rings is 3. The van der Waals surface area contributed by atoms with Crippen LogP contribution in [-0.4, -0.2) is 18.8 Å². The smallest absolute Gasteiger partial charge is 0.426 e. The van der Waals surface area contributed by atoms with Crippen LogP contribution in [0.1, 0.15) is 42.4 Å². The largest absolute Gasteiger partial charge is 0.494 e. The zero-order valence-electron chi connectivity index (χ0n) is 21.4. The Kier molecular flexibility index (Phi) is 10.4. The van der Waals surface area contributed by atoms with Crippen molar-refractivity contribution in [2.45, 2.75) is 44.6 Å². The Morgan fingerprint density at radius 1 is 0.825 bits per heavy atom. The Morgan fingerprint density at radius 3 is 2.15 bits per heavy atom. The van der Waals surface area contributed by atoms with Crippen LogP contribution in [0.5, 0.6) is 11.5 Å². The molecule has 0 fully saturated rings. The van der Waals surface area contributed by atoms with E-state index in [1.54, 1.807) is 18.2 Å². The summed E-state index contributed by atoms with van der Waals surface area (Å²) in [6, 6.07) is 15.5. The third-order valence-corrected chi connectivity index (χ3v) is 5.64. The summed E-state index contributed by atoms with van der Waals surface area (Å²) in [6.07, 6.45) is -5.20. The van der Waals surface area contributed by atoms with E-state index in [0.29, 0.717) is 41.1 Å². The van der Waals surface area contributed by atoms with E-state index in [1.807, 2.05) is 0 Å². The van der Waals surface area contributed by atoms with Crippen LogP contribution >= 0.6 is 0 Å². The maximum atomic E-state index is 14.6. The van der Waals surface area contributed by atoms with Crippen molar-refractivity contribution in [3.05, 3.63) is 89.5 Å². The van der Waals surface area contributed by atoms with Gasteiger partial charge < -0.3 is 25.7 Å². The number of carbonyl (C=O) groups excluding carboxylic acids is 1. The van der Waals surface area contributed by atoms with E-state index in [4.69, 9.17) is 25.7 Å². The molecule has 0 saturated heterocycles. The van der Waals surface area contributed by atoms with Gasteiger partial charge in [0.05, 0.1) is 12.2 Å². The molecule has 0 radical (unpaired) electrons. The van der Waals surface area contributed by atoms with E-state index in [2.05, 4.69) is 0 Å². The molecule has 214 valence electrons. The monoisotopic (exact) mass is 564 g/mol. The van der Waals surface area contributed by atoms with Gasteiger partial charge in [-0.1, -0.05) is 18.2 Å². The number of hydrogen-bond acceptors (Lipinski definition) is 6. The highest BCUT2D eigenvalue weighted by molar-refractivity contribution is 5.87. The highest BCUT2D eigenvalue weighted by Crippen LogP contribution is 2.33. The van der Waals surface area contributed by atoms with Crippen LogP contribution in [0.4, 0.5) is 33.3 Å². The summed E-state index contributed by atoms with van der Waals surface area (Å²) < 4.78 is 81.1. The van der Waals surface area contributed by atoms with Crippen molar-refractivity contribution < 1.29 is 41.0 Å². The van der Waals surface area contributed by atoms with Crippen molar-refractivity contribution in [2.24, 2.45) is 0 Å². The van der Waals surface area contributed by atoms with Crippen LogP contribution in [0, 0.1) is 0 Å². The maximum absolute atomic E-state index is 14.6. The number of carbonyl (C=O) groups is 1. The summed E-state index contributed by atoms with van der Waals surface area (Å²) >= 11 is 0. The number of nitrogens with two attached hydrogens (primary N) is 2. The number of rotatable bonds is 13. The van der Waals surface area contributed by atoms with E-state index >= 15 is 0 Å². The van der Waals surface area contributed by atoms with Gasteiger partial charge in [-0.05, 0) is 79.4 Å². The summed E-state index contributed by atoms with van der Waals surface area (Å²) in [5.74, 6) is -0.387. The second kappa shape index (κ2) is 13.7. The number of hydrogen-bond donors (Lipinski definition) is 2. The van der Waals surface area contributed by atoms with Crippen LogP contribution in [0.15, 0.2) is 72.8 Å². The quantitative estimate of drug-likeness (QED) is 0.0747. The third kappa shape index (κ3) is 10.1. The lowest BCUT2D eigenvalue weighted by molar-refractivity contribution is -0.185. The minimum Gasteiger partial charge on any atom is -0.494 e. The first kappa shape index (κ1) is 30.3. The van der Waals surface area contributed by atoms with Gasteiger partial charge in [0.1, 0.15) is 18.1 Å². The van der Waals surface area contributed by atoms with Crippen LogP contribution in [0.25, 0.3) is 6.08 Å². The highest BCUT2D eigenvalue weighted by atomic mass is 19.4. The highest BCUT2D eigenvalue weighted by Gasteiger charge is 2.34. The van der Waals surface area contributed by atoms with Crippen LogP contribution in [-0.2, 0) is 22.2 Å². The fourth-order valence-electron chi connectivity index (χ4n) is 3.50. The number of anilines is 2. The van der Waals surface area contributed by atoms with Gasteiger partial charge in [0, 0.05) is 29.4 Å². The summed E-state index contributed by atoms with van der Waals surface area (Å²) in [7, 11) is 0. The number of unbranched alkanes of at least 4 members (excludes halogenated alkanes) is 2. The van der Waals surface area contributed by atoms with Crippen molar-refractivity contribution in [1.82, 2.24) is 0 Å². The molecule has 0 bridgehead atoms. The second-order valence-corrected chi connectivity index (χ2v) is 8.89. The molecule has 3 rings (SSSR count). The minimum atomic E-state index is -4.17. The molecule has 0 amide bonds. The van der Waals surface area contributed by atoms with Crippen molar-refractivity contribution in [3.8, 4) is 11.5 Å². The predicted molar refractivity (Wildman–Crippen MR) is 142 cm³/mol. The molecule has 11 heteroatoms. The summed E-state index contributed by atoms with van der Waals surface area (Å²) in [4.78, 5) is 12.0. The second-order valence-electron chi connectivity index (χ2n) is 8.89. The number of alkyl halides is 5. The molecule has 0 aliphatic carbocycles. The van der Waals surface area contributed by atoms with Gasteiger partial charge in [0.2, 0.25) is 0 Å². The molecule has 40 heavy (non-hydrogen) atoms. The lowest BCUT2D eigenvalue weighted by atomic mass is 10.2. The van der Waals surface area contributed by atoms with Crippen LogP contribution < -0.4 is 20.9 Å². The van der Waals surface area contributed by atoms with Gasteiger partial charge in [0.15, 0.2) is 0 Å². The molecule has 0 spiro atoms.